The first-order valence-corrected chi connectivity index (χ1v) is 4.96. The first-order chi connectivity index (χ1) is 7.54. The molecule has 0 aliphatic carbocycles. The number of nitrogens with two attached hydrogens (primary N) is 1. The summed E-state index contributed by atoms with van der Waals surface area (Å²) in [7, 11) is 3.43. The minimum absolute atomic E-state index is 0.00656. The highest BCUT2D eigenvalue weighted by Crippen LogP contribution is 2.09. The van der Waals surface area contributed by atoms with Crippen molar-refractivity contribution < 1.29 is 4.79 Å². The molecule has 0 aromatic carbocycles. The maximum Gasteiger partial charge on any atom is 0.244 e. The lowest BCUT2D eigenvalue weighted by Gasteiger charge is -2.18. The van der Waals surface area contributed by atoms with Crippen LogP contribution in [0, 0.1) is 0 Å². The van der Waals surface area contributed by atoms with Gasteiger partial charge in [-0.2, -0.15) is 0 Å². The summed E-state index contributed by atoms with van der Waals surface area (Å²) in [5.41, 5.74) is 2.45. The Hall–Kier alpha value is -1.82. The van der Waals surface area contributed by atoms with E-state index in [9.17, 15) is 4.79 Å². The molecule has 1 aromatic rings. The van der Waals surface area contributed by atoms with Crippen molar-refractivity contribution in [2.45, 2.75) is 13.0 Å². The second-order valence-electron chi connectivity index (χ2n) is 3.65. The molecule has 6 nitrogen and oxygen atoms in total. The Labute approximate surface area is 94.8 Å². The molecule has 0 saturated carbocycles. The van der Waals surface area contributed by atoms with Gasteiger partial charge in [0, 0.05) is 14.1 Å². The van der Waals surface area contributed by atoms with Crippen molar-refractivity contribution in [1.82, 2.24) is 9.88 Å². The molecular weight excluding hydrogens is 206 g/mol. The molecule has 0 fully saturated rings. The number of amides is 1. The quantitative estimate of drug-likeness (QED) is 0.503. The third-order valence-electron chi connectivity index (χ3n) is 2.07. The molecule has 6 heteroatoms. The molecule has 0 bridgehead atoms. The number of aromatic nitrogens is 1. The molecular formula is C10H17N5O. The zero-order valence-electron chi connectivity index (χ0n) is 9.69. The van der Waals surface area contributed by atoms with Crippen molar-refractivity contribution in [2.75, 3.05) is 24.8 Å². The van der Waals surface area contributed by atoms with Crippen molar-refractivity contribution in [3.63, 3.8) is 0 Å². The van der Waals surface area contributed by atoms with E-state index < -0.39 is 0 Å². The summed E-state index contributed by atoms with van der Waals surface area (Å²) in [4.78, 5) is 17.3. The Bertz CT molecular complexity index is 366. The number of hydrogen-bond donors (Lipinski definition) is 3. The SMILES string of the molecule is CC(Nc1cccc(NN)n1)C(=O)N(C)C. The molecule has 1 amide bonds. The molecule has 0 spiro atoms. The Morgan fingerprint density at radius 1 is 1.44 bits per heavy atom. The first-order valence-electron chi connectivity index (χ1n) is 4.96. The average Bonchev–Trinajstić information content (AvgIpc) is 2.28. The van der Waals surface area contributed by atoms with E-state index in [4.69, 9.17) is 5.84 Å². The summed E-state index contributed by atoms with van der Waals surface area (Å²) in [5, 5.41) is 3.00. The molecule has 1 rings (SSSR count). The Balaban J connectivity index is 2.69. The van der Waals surface area contributed by atoms with Gasteiger partial charge in [-0.3, -0.25) is 4.79 Å². The number of carbonyl (C=O) groups excluding carboxylic acids is 1. The van der Waals surface area contributed by atoms with Crippen LogP contribution in [0.3, 0.4) is 0 Å². The molecule has 0 aliphatic rings. The fourth-order valence-electron chi connectivity index (χ4n) is 1.27. The van der Waals surface area contributed by atoms with Crippen LogP contribution < -0.4 is 16.6 Å². The molecule has 1 heterocycles. The van der Waals surface area contributed by atoms with Gasteiger partial charge in [-0.1, -0.05) is 6.07 Å². The third kappa shape index (κ3) is 3.09. The number of pyridine rings is 1. The van der Waals surface area contributed by atoms with Crippen LogP contribution >= 0.6 is 0 Å². The normalized spacial score (nSPS) is 11.8. The largest absolute Gasteiger partial charge is 0.359 e. The summed E-state index contributed by atoms with van der Waals surface area (Å²) >= 11 is 0. The maximum absolute atomic E-state index is 11.6. The lowest BCUT2D eigenvalue weighted by Crippen LogP contribution is -2.36. The van der Waals surface area contributed by atoms with Crippen LogP contribution in [0.1, 0.15) is 6.92 Å². The summed E-state index contributed by atoms with van der Waals surface area (Å²) in [6.45, 7) is 1.78. The highest BCUT2D eigenvalue weighted by atomic mass is 16.2. The number of rotatable bonds is 4. The number of hydrogen-bond acceptors (Lipinski definition) is 5. The van der Waals surface area contributed by atoms with E-state index in [2.05, 4.69) is 15.7 Å². The smallest absolute Gasteiger partial charge is 0.244 e. The average molecular weight is 223 g/mol. The lowest BCUT2D eigenvalue weighted by molar-refractivity contribution is -0.129. The number of nitrogens with one attached hydrogen (secondary N) is 2. The van der Waals surface area contributed by atoms with E-state index in [1.54, 1.807) is 39.2 Å². The van der Waals surface area contributed by atoms with Gasteiger partial charge in [0.25, 0.3) is 0 Å². The van der Waals surface area contributed by atoms with Gasteiger partial charge in [-0.05, 0) is 19.1 Å². The highest BCUT2D eigenvalue weighted by molar-refractivity contribution is 5.83. The zero-order valence-corrected chi connectivity index (χ0v) is 9.69. The van der Waals surface area contributed by atoms with Crippen molar-refractivity contribution in [3.8, 4) is 0 Å². The number of hydrazine groups is 1. The van der Waals surface area contributed by atoms with Crippen LogP contribution in [-0.2, 0) is 4.79 Å². The molecule has 0 radical (unpaired) electrons. The number of nitrogens with zero attached hydrogens (tertiary/aromatic N) is 2. The van der Waals surface area contributed by atoms with Gasteiger partial charge in [0.1, 0.15) is 17.7 Å². The van der Waals surface area contributed by atoms with Gasteiger partial charge < -0.3 is 15.6 Å². The van der Waals surface area contributed by atoms with Crippen LogP contribution in [-0.4, -0.2) is 35.9 Å². The monoisotopic (exact) mass is 223 g/mol. The van der Waals surface area contributed by atoms with E-state index in [0.29, 0.717) is 11.6 Å². The molecule has 16 heavy (non-hydrogen) atoms. The minimum Gasteiger partial charge on any atom is -0.359 e. The second kappa shape index (κ2) is 5.32. The third-order valence-corrected chi connectivity index (χ3v) is 2.07. The summed E-state index contributed by atoms with van der Waals surface area (Å²) < 4.78 is 0. The lowest BCUT2D eigenvalue weighted by atomic mass is 10.3. The molecule has 1 aromatic heterocycles. The van der Waals surface area contributed by atoms with E-state index in [1.165, 1.54) is 4.90 Å². The number of nitrogen functional groups attached to an aromatic ring is 1. The standard InChI is InChI=1S/C10H17N5O/c1-7(10(16)15(2)3)12-8-5-4-6-9(13-8)14-11/h4-7H,11H2,1-3H3,(H2,12,13,14). The van der Waals surface area contributed by atoms with Gasteiger partial charge >= 0.3 is 0 Å². The summed E-state index contributed by atoms with van der Waals surface area (Å²) in [6, 6.07) is 5.00. The Morgan fingerprint density at radius 3 is 2.62 bits per heavy atom. The van der Waals surface area contributed by atoms with Crippen LogP contribution in [0.2, 0.25) is 0 Å². The van der Waals surface area contributed by atoms with Crippen molar-refractivity contribution in [1.29, 1.82) is 0 Å². The predicted octanol–water partition coefficient (Wildman–Crippen LogP) is 0.256. The summed E-state index contributed by atoms with van der Waals surface area (Å²) in [5.74, 6) is 6.40. The van der Waals surface area contributed by atoms with Crippen LogP contribution in [0.5, 0.6) is 0 Å². The first kappa shape index (κ1) is 12.3. The second-order valence-corrected chi connectivity index (χ2v) is 3.65. The van der Waals surface area contributed by atoms with Crippen LogP contribution in [0.4, 0.5) is 11.6 Å². The van der Waals surface area contributed by atoms with Crippen LogP contribution in [0.15, 0.2) is 18.2 Å². The van der Waals surface area contributed by atoms with Gasteiger partial charge in [-0.25, -0.2) is 10.8 Å². The van der Waals surface area contributed by atoms with Crippen LogP contribution in [0.25, 0.3) is 0 Å². The fraction of sp³-hybridized carbons (Fsp3) is 0.400. The van der Waals surface area contributed by atoms with Crippen molar-refractivity contribution in [2.24, 2.45) is 5.84 Å². The highest BCUT2D eigenvalue weighted by Gasteiger charge is 2.14. The van der Waals surface area contributed by atoms with Gasteiger partial charge in [-0.15, -0.1) is 0 Å². The van der Waals surface area contributed by atoms with Gasteiger partial charge in [0.2, 0.25) is 5.91 Å². The minimum atomic E-state index is -0.324. The number of likely N-dealkylation sites (N-methyl/N-ethyl adjacent to an activating group) is 1. The molecule has 0 aliphatic heterocycles. The van der Waals surface area contributed by atoms with Crippen molar-refractivity contribution in [3.05, 3.63) is 18.2 Å². The maximum atomic E-state index is 11.6. The summed E-state index contributed by atoms with van der Waals surface area (Å²) in [6.07, 6.45) is 0. The number of carbonyl (C=O) groups is 1. The zero-order chi connectivity index (χ0) is 12.1. The van der Waals surface area contributed by atoms with E-state index in [1.807, 2.05) is 0 Å². The molecule has 88 valence electrons. The van der Waals surface area contributed by atoms with E-state index in [-0.39, 0.29) is 11.9 Å². The van der Waals surface area contributed by atoms with Gasteiger partial charge in [0.15, 0.2) is 0 Å². The molecule has 4 N–H and O–H groups in total. The van der Waals surface area contributed by atoms with E-state index >= 15 is 0 Å². The Kier molecular flexibility index (Phi) is 4.07. The van der Waals surface area contributed by atoms with E-state index in [0.717, 1.165) is 0 Å². The fourth-order valence-corrected chi connectivity index (χ4v) is 1.27. The molecule has 1 atom stereocenters. The van der Waals surface area contributed by atoms with Crippen molar-refractivity contribution >= 4 is 17.5 Å². The topological polar surface area (TPSA) is 83.3 Å². The predicted molar refractivity (Wildman–Crippen MR) is 63.8 cm³/mol. The molecule has 1 unspecified atom stereocenters. The van der Waals surface area contributed by atoms with Gasteiger partial charge in [0.05, 0.1) is 0 Å². The number of anilines is 2. The molecule has 0 saturated heterocycles. The Morgan fingerprint density at radius 2 is 2.06 bits per heavy atom.